The van der Waals surface area contributed by atoms with Gasteiger partial charge in [0.05, 0.1) is 24.0 Å². The number of anilines is 1. The molecule has 0 bridgehead atoms. The average molecular weight is 314 g/mol. The number of rotatable bonds is 2. The molecule has 3 nitrogen and oxygen atoms in total. The van der Waals surface area contributed by atoms with Crippen molar-refractivity contribution in [2.45, 2.75) is 32.5 Å². The molecular weight excluding hydrogens is 294 g/mol. The van der Waals surface area contributed by atoms with Crippen LogP contribution in [0.5, 0.6) is 0 Å². The Morgan fingerprint density at radius 3 is 2.72 bits per heavy atom. The summed E-state index contributed by atoms with van der Waals surface area (Å²) in [5.41, 5.74) is 1.98. The van der Waals surface area contributed by atoms with Crippen molar-refractivity contribution in [3.8, 4) is 0 Å². The van der Waals surface area contributed by atoms with E-state index in [1.807, 2.05) is 12.1 Å². The Labute approximate surface area is 117 Å². The van der Waals surface area contributed by atoms with Gasteiger partial charge in [-0.25, -0.2) is 0 Å². The van der Waals surface area contributed by atoms with Gasteiger partial charge in [0.1, 0.15) is 0 Å². The van der Waals surface area contributed by atoms with E-state index in [9.17, 15) is 5.11 Å². The normalized spacial score (nSPS) is 20.8. The molecule has 1 heterocycles. The zero-order chi connectivity index (χ0) is 13.3. The van der Waals surface area contributed by atoms with E-state index in [0.29, 0.717) is 0 Å². The Kier molecular flexibility index (Phi) is 3.99. The maximum atomic E-state index is 9.58. The first kappa shape index (κ1) is 13.8. The van der Waals surface area contributed by atoms with Gasteiger partial charge in [0.2, 0.25) is 0 Å². The van der Waals surface area contributed by atoms with Gasteiger partial charge in [-0.15, -0.1) is 0 Å². The number of morpholine rings is 1. The predicted molar refractivity (Wildman–Crippen MR) is 77.0 cm³/mol. The fourth-order valence-corrected chi connectivity index (χ4v) is 2.91. The number of halogens is 1. The molecule has 100 valence electrons. The minimum absolute atomic E-state index is 0.110. The third kappa shape index (κ3) is 3.05. The predicted octanol–water partition coefficient (Wildman–Crippen LogP) is 3.12. The highest BCUT2D eigenvalue weighted by molar-refractivity contribution is 9.10. The van der Waals surface area contributed by atoms with Crippen molar-refractivity contribution >= 4 is 21.6 Å². The Balaban J connectivity index is 2.23. The molecule has 1 aromatic rings. The van der Waals surface area contributed by atoms with Crippen LogP contribution in [0.4, 0.5) is 5.69 Å². The van der Waals surface area contributed by atoms with E-state index in [-0.39, 0.29) is 5.60 Å². The fourth-order valence-electron chi connectivity index (χ4n) is 2.26. The van der Waals surface area contributed by atoms with Crippen molar-refractivity contribution in [1.29, 1.82) is 0 Å². The lowest BCUT2D eigenvalue weighted by Gasteiger charge is -2.40. The second kappa shape index (κ2) is 5.19. The molecule has 0 aromatic heterocycles. The van der Waals surface area contributed by atoms with Crippen molar-refractivity contribution < 1.29 is 9.84 Å². The molecule has 0 radical (unpaired) electrons. The number of ether oxygens (including phenoxy) is 1. The molecule has 0 spiro atoms. The Morgan fingerprint density at radius 2 is 2.17 bits per heavy atom. The molecule has 1 fully saturated rings. The standard InChI is InChI=1S/C14H20BrNO2/c1-10(17)11-4-5-13(12(15)8-11)16-6-7-18-14(2,3)9-16/h4-5,8,10,17H,6-7,9H2,1-3H3/t10-/m0/s1. The summed E-state index contributed by atoms with van der Waals surface area (Å²) in [6, 6.07) is 6.03. The number of aliphatic hydroxyl groups is 1. The molecule has 0 amide bonds. The highest BCUT2D eigenvalue weighted by Crippen LogP contribution is 2.32. The van der Waals surface area contributed by atoms with Crippen LogP contribution in [0.25, 0.3) is 0 Å². The molecule has 1 saturated heterocycles. The average Bonchev–Trinajstić information content (AvgIpc) is 2.27. The van der Waals surface area contributed by atoms with Crippen LogP contribution in [0.3, 0.4) is 0 Å². The molecular formula is C14H20BrNO2. The van der Waals surface area contributed by atoms with Crippen molar-refractivity contribution in [3.05, 3.63) is 28.2 Å². The number of hydrogen-bond acceptors (Lipinski definition) is 3. The number of benzene rings is 1. The van der Waals surface area contributed by atoms with Crippen LogP contribution in [0, 0.1) is 0 Å². The maximum Gasteiger partial charge on any atom is 0.0801 e. The second-order valence-corrected chi connectivity index (χ2v) is 6.27. The molecule has 0 aliphatic carbocycles. The van der Waals surface area contributed by atoms with Crippen LogP contribution in [0.15, 0.2) is 22.7 Å². The van der Waals surface area contributed by atoms with E-state index in [1.54, 1.807) is 6.92 Å². The molecule has 0 unspecified atom stereocenters. The van der Waals surface area contributed by atoms with E-state index in [4.69, 9.17) is 4.74 Å². The third-order valence-corrected chi connectivity index (χ3v) is 3.86. The lowest BCUT2D eigenvalue weighted by molar-refractivity contribution is -0.0277. The molecule has 1 atom stereocenters. The van der Waals surface area contributed by atoms with Gasteiger partial charge in [0.25, 0.3) is 0 Å². The number of aliphatic hydroxyl groups excluding tert-OH is 1. The second-order valence-electron chi connectivity index (χ2n) is 5.42. The zero-order valence-corrected chi connectivity index (χ0v) is 12.7. The van der Waals surface area contributed by atoms with Gasteiger partial charge < -0.3 is 14.7 Å². The minimum atomic E-state index is -0.434. The van der Waals surface area contributed by atoms with Crippen LogP contribution < -0.4 is 4.90 Å². The topological polar surface area (TPSA) is 32.7 Å². The molecule has 0 saturated carbocycles. The van der Waals surface area contributed by atoms with Crippen LogP contribution in [-0.2, 0) is 4.74 Å². The van der Waals surface area contributed by atoms with Crippen molar-refractivity contribution in [1.82, 2.24) is 0 Å². The summed E-state index contributed by atoms with van der Waals surface area (Å²) >= 11 is 3.59. The summed E-state index contributed by atoms with van der Waals surface area (Å²) < 4.78 is 6.75. The molecule has 2 rings (SSSR count). The highest BCUT2D eigenvalue weighted by Gasteiger charge is 2.28. The fraction of sp³-hybridized carbons (Fsp3) is 0.571. The van der Waals surface area contributed by atoms with Crippen LogP contribution in [0.1, 0.15) is 32.4 Å². The van der Waals surface area contributed by atoms with Gasteiger partial charge in [0, 0.05) is 17.6 Å². The molecule has 1 aromatic carbocycles. The first-order valence-electron chi connectivity index (χ1n) is 6.25. The van der Waals surface area contributed by atoms with Gasteiger partial charge in [0.15, 0.2) is 0 Å². The smallest absolute Gasteiger partial charge is 0.0801 e. The van der Waals surface area contributed by atoms with E-state index in [2.05, 4.69) is 40.7 Å². The van der Waals surface area contributed by atoms with Crippen LogP contribution in [0.2, 0.25) is 0 Å². The van der Waals surface area contributed by atoms with E-state index < -0.39 is 6.10 Å². The summed E-state index contributed by atoms with van der Waals surface area (Å²) in [5, 5.41) is 9.58. The van der Waals surface area contributed by atoms with Gasteiger partial charge in [-0.05, 0) is 54.4 Å². The van der Waals surface area contributed by atoms with E-state index in [0.717, 1.165) is 35.4 Å². The van der Waals surface area contributed by atoms with E-state index in [1.165, 1.54) is 0 Å². The number of nitrogens with zero attached hydrogens (tertiary/aromatic N) is 1. The molecule has 1 aliphatic rings. The summed E-state index contributed by atoms with van der Waals surface area (Å²) in [4.78, 5) is 2.32. The van der Waals surface area contributed by atoms with Crippen LogP contribution >= 0.6 is 15.9 Å². The number of hydrogen-bond donors (Lipinski definition) is 1. The maximum absolute atomic E-state index is 9.58. The molecule has 1 N–H and O–H groups in total. The SMILES string of the molecule is C[C@H](O)c1ccc(N2CCOC(C)(C)C2)c(Br)c1. The summed E-state index contributed by atoms with van der Waals surface area (Å²) in [7, 11) is 0. The third-order valence-electron chi connectivity index (χ3n) is 3.22. The monoisotopic (exact) mass is 313 g/mol. The van der Waals surface area contributed by atoms with Crippen molar-refractivity contribution in [3.63, 3.8) is 0 Å². The molecule has 4 heteroatoms. The van der Waals surface area contributed by atoms with Crippen LogP contribution in [-0.4, -0.2) is 30.4 Å². The Hall–Kier alpha value is -0.580. The Morgan fingerprint density at radius 1 is 1.44 bits per heavy atom. The quantitative estimate of drug-likeness (QED) is 0.910. The van der Waals surface area contributed by atoms with Gasteiger partial charge >= 0.3 is 0 Å². The van der Waals surface area contributed by atoms with Gasteiger partial charge in [-0.2, -0.15) is 0 Å². The largest absolute Gasteiger partial charge is 0.389 e. The highest BCUT2D eigenvalue weighted by atomic mass is 79.9. The lowest BCUT2D eigenvalue weighted by Crippen LogP contribution is -2.48. The molecule has 1 aliphatic heterocycles. The minimum Gasteiger partial charge on any atom is -0.389 e. The van der Waals surface area contributed by atoms with Crippen molar-refractivity contribution in [2.24, 2.45) is 0 Å². The van der Waals surface area contributed by atoms with Crippen molar-refractivity contribution in [2.75, 3.05) is 24.6 Å². The zero-order valence-electron chi connectivity index (χ0n) is 11.1. The Bertz CT molecular complexity index is 432. The van der Waals surface area contributed by atoms with Gasteiger partial charge in [-0.3, -0.25) is 0 Å². The lowest BCUT2D eigenvalue weighted by atomic mass is 10.1. The van der Waals surface area contributed by atoms with E-state index >= 15 is 0 Å². The first-order valence-corrected chi connectivity index (χ1v) is 7.05. The summed E-state index contributed by atoms with van der Waals surface area (Å²) in [6.07, 6.45) is -0.434. The molecule has 18 heavy (non-hydrogen) atoms. The first-order chi connectivity index (χ1) is 8.39. The summed E-state index contributed by atoms with van der Waals surface area (Å²) in [6.45, 7) is 8.51. The summed E-state index contributed by atoms with van der Waals surface area (Å²) in [5.74, 6) is 0. The van der Waals surface area contributed by atoms with Gasteiger partial charge in [-0.1, -0.05) is 6.07 Å².